The van der Waals surface area contributed by atoms with E-state index in [1.165, 1.54) is 32.8 Å². The summed E-state index contributed by atoms with van der Waals surface area (Å²) >= 11 is 0. The number of hydrogen-bond acceptors (Lipinski definition) is 3. The molecule has 0 radical (unpaired) electrons. The van der Waals surface area contributed by atoms with E-state index in [4.69, 9.17) is 4.74 Å². The van der Waals surface area contributed by atoms with E-state index in [0.717, 1.165) is 25.9 Å². The van der Waals surface area contributed by atoms with Crippen LogP contribution < -0.4 is 0 Å². The molecule has 1 atom stereocenters. The summed E-state index contributed by atoms with van der Waals surface area (Å²) in [6.45, 7) is 4.31. The molecule has 1 aliphatic rings. The number of hydrogen-bond donors (Lipinski definition) is 0. The molecule has 0 aliphatic carbocycles. The second kappa shape index (κ2) is 6.83. The Morgan fingerprint density at radius 1 is 1.40 bits per heavy atom. The Hall–Kier alpha value is -0.570. The van der Waals surface area contributed by atoms with Crippen molar-refractivity contribution in [2.24, 2.45) is 0 Å². The molecule has 1 unspecified atom stereocenters. The van der Waals surface area contributed by atoms with Gasteiger partial charge in [0.15, 0.2) is 0 Å². The van der Waals surface area contributed by atoms with Gasteiger partial charge >= 0.3 is 5.97 Å². The smallest absolute Gasteiger partial charge is 0.323 e. The Balaban J connectivity index is 2.39. The molecule has 0 spiro atoms. The first-order valence-electron chi connectivity index (χ1n) is 6.11. The van der Waals surface area contributed by atoms with Crippen LogP contribution in [-0.2, 0) is 9.53 Å². The zero-order valence-corrected chi connectivity index (χ0v) is 10.00. The molecule has 1 heterocycles. The Kier molecular flexibility index (Phi) is 5.69. The van der Waals surface area contributed by atoms with E-state index < -0.39 is 0 Å². The fourth-order valence-corrected chi connectivity index (χ4v) is 2.23. The van der Waals surface area contributed by atoms with E-state index in [9.17, 15) is 4.79 Å². The minimum absolute atomic E-state index is 0.0283. The third-order valence-corrected chi connectivity index (χ3v) is 3.14. The number of carbonyl (C=O) groups is 1. The lowest BCUT2D eigenvalue weighted by atomic mass is 10.0. The molecule has 1 fully saturated rings. The molecular formula is C12H23NO2. The maximum atomic E-state index is 11.5. The molecular weight excluding hydrogens is 190 g/mol. The molecule has 1 saturated heterocycles. The molecule has 1 rings (SSSR count). The van der Waals surface area contributed by atoms with E-state index in [1.54, 1.807) is 0 Å². The van der Waals surface area contributed by atoms with Crippen LogP contribution in [0.25, 0.3) is 0 Å². The number of esters is 1. The van der Waals surface area contributed by atoms with Crippen LogP contribution >= 0.6 is 0 Å². The normalized spacial score (nSPS) is 22.7. The Labute approximate surface area is 92.8 Å². The molecule has 0 bridgehead atoms. The highest BCUT2D eigenvalue weighted by Crippen LogP contribution is 2.18. The van der Waals surface area contributed by atoms with Crippen molar-refractivity contribution in [1.82, 2.24) is 4.90 Å². The maximum Gasteiger partial charge on any atom is 0.323 e. The van der Waals surface area contributed by atoms with Gasteiger partial charge in [0.1, 0.15) is 6.04 Å². The number of rotatable bonds is 5. The van der Waals surface area contributed by atoms with Gasteiger partial charge in [0.25, 0.3) is 0 Å². The van der Waals surface area contributed by atoms with E-state index in [1.807, 2.05) is 0 Å². The molecule has 0 aromatic carbocycles. The largest absolute Gasteiger partial charge is 0.468 e. The second-order valence-electron chi connectivity index (χ2n) is 4.28. The van der Waals surface area contributed by atoms with Gasteiger partial charge in [-0.2, -0.15) is 0 Å². The van der Waals surface area contributed by atoms with Crippen LogP contribution in [0.1, 0.15) is 45.4 Å². The van der Waals surface area contributed by atoms with Crippen LogP contribution in [0, 0.1) is 0 Å². The van der Waals surface area contributed by atoms with E-state index in [0.29, 0.717) is 0 Å². The van der Waals surface area contributed by atoms with Crippen molar-refractivity contribution < 1.29 is 9.53 Å². The number of nitrogens with zero attached hydrogens (tertiary/aromatic N) is 1. The molecule has 88 valence electrons. The van der Waals surface area contributed by atoms with Crippen molar-refractivity contribution in [2.75, 3.05) is 20.2 Å². The van der Waals surface area contributed by atoms with E-state index in [2.05, 4.69) is 11.8 Å². The molecule has 0 N–H and O–H groups in total. The summed E-state index contributed by atoms with van der Waals surface area (Å²) in [7, 11) is 1.49. The van der Waals surface area contributed by atoms with Crippen molar-refractivity contribution in [3.63, 3.8) is 0 Å². The fourth-order valence-electron chi connectivity index (χ4n) is 2.23. The third-order valence-electron chi connectivity index (χ3n) is 3.14. The molecule has 3 nitrogen and oxygen atoms in total. The first-order valence-corrected chi connectivity index (χ1v) is 6.11. The van der Waals surface area contributed by atoms with Crippen molar-refractivity contribution in [3.05, 3.63) is 0 Å². The molecule has 0 aromatic rings. The summed E-state index contributed by atoms with van der Waals surface area (Å²) in [6.07, 6.45) is 7.04. The van der Waals surface area contributed by atoms with Gasteiger partial charge < -0.3 is 4.74 Å². The molecule has 0 saturated carbocycles. The zero-order chi connectivity index (χ0) is 11.1. The van der Waals surface area contributed by atoms with Gasteiger partial charge in [-0.1, -0.05) is 26.2 Å². The fraction of sp³-hybridized carbons (Fsp3) is 0.917. The van der Waals surface area contributed by atoms with Gasteiger partial charge in [0.2, 0.25) is 0 Å². The van der Waals surface area contributed by atoms with Crippen LogP contribution in [0.4, 0.5) is 0 Å². The maximum absolute atomic E-state index is 11.5. The summed E-state index contributed by atoms with van der Waals surface area (Å²) in [5.41, 5.74) is 0. The van der Waals surface area contributed by atoms with E-state index in [-0.39, 0.29) is 12.0 Å². The van der Waals surface area contributed by atoms with Crippen LogP contribution in [0.2, 0.25) is 0 Å². The Morgan fingerprint density at radius 2 is 2.20 bits per heavy atom. The highest BCUT2D eigenvalue weighted by atomic mass is 16.5. The summed E-state index contributed by atoms with van der Waals surface area (Å²) < 4.78 is 4.85. The number of piperidine rings is 1. The number of methoxy groups -OCH3 is 1. The minimum Gasteiger partial charge on any atom is -0.468 e. The third kappa shape index (κ3) is 3.82. The van der Waals surface area contributed by atoms with Gasteiger partial charge in [-0.15, -0.1) is 0 Å². The number of carbonyl (C=O) groups excluding carboxylic acids is 1. The predicted molar refractivity (Wildman–Crippen MR) is 60.8 cm³/mol. The molecule has 15 heavy (non-hydrogen) atoms. The minimum atomic E-state index is -0.0498. The van der Waals surface area contributed by atoms with Gasteiger partial charge in [0, 0.05) is 0 Å². The SMILES string of the molecule is CCCCCN1CCCCC1C(=O)OC. The lowest BCUT2D eigenvalue weighted by molar-refractivity contribution is -0.148. The zero-order valence-electron chi connectivity index (χ0n) is 10.00. The monoisotopic (exact) mass is 213 g/mol. The molecule has 1 aliphatic heterocycles. The van der Waals surface area contributed by atoms with Crippen LogP contribution in [0.5, 0.6) is 0 Å². The topological polar surface area (TPSA) is 29.5 Å². The lowest BCUT2D eigenvalue weighted by Crippen LogP contribution is -2.45. The summed E-state index contributed by atoms with van der Waals surface area (Å²) in [5.74, 6) is -0.0498. The first kappa shape index (κ1) is 12.5. The Morgan fingerprint density at radius 3 is 2.87 bits per heavy atom. The van der Waals surface area contributed by atoms with Crippen molar-refractivity contribution >= 4 is 5.97 Å². The molecule has 3 heteroatoms. The van der Waals surface area contributed by atoms with Crippen molar-refractivity contribution in [2.45, 2.75) is 51.5 Å². The Bertz CT molecular complexity index is 194. The first-order chi connectivity index (χ1) is 7.29. The number of unbranched alkanes of at least 4 members (excludes halogenated alkanes) is 2. The van der Waals surface area contributed by atoms with Crippen LogP contribution in [0.15, 0.2) is 0 Å². The molecule has 0 aromatic heterocycles. The average Bonchev–Trinajstić information content (AvgIpc) is 2.29. The standard InChI is InChI=1S/C12H23NO2/c1-3-4-6-9-13-10-7-5-8-11(13)12(14)15-2/h11H,3-10H2,1-2H3. The highest BCUT2D eigenvalue weighted by Gasteiger charge is 2.28. The van der Waals surface area contributed by atoms with Crippen molar-refractivity contribution in [1.29, 1.82) is 0 Å². The summed E-state index contributed by atoms with van der Waals surface area (Å²) in [6, 6.07) is 0.0283. The van der Waals surface area contributed by atoms with Crippen LogP contribution in [0.3, 0.4) is 0 Å². The van der Waals surface area contributed by atoms with Crippen molar-refractivity contribution in [3.8, 4) is 0 Å². The summed E-state index contributed by atoms with van der Waals surface area (Å²) in [4.78, 5) is 13.8. The highest BCUT2D eigenvalue weighted by molar-refractivity contribution is 5.75. The number of ether oxygens (including phenoxy) is 1. The van der Waals surface area contributed by atoms with Gasteiger partial charge in [-0.3, -0.25) is 9.69 Å². The van der Waals surface area contributed by atoms with Gasteiger partial charge in [-0.05, 0) is 32.4 Å². The molecule has 0 amide bonds. The number of likely N-dealkylation sites (tertiary alicyclic amines) is 1. The lowest BCUT2D eigenvalue weighted by Gasteiger charge is -2.33. The average molecular weight is 213 g/mol. The van der Waals surface area contributed by atoms with Crippen LogP contribution in [-0.4, -0.2) is 37.1 Å². The summed E-state index contributed by atoms with van der Waals surface area (Å²) in [5, 5.41) is 0. The van der Waals surface area contributed by atoms with E-state index >= 15 is 0 Å². The second-order valence-corrected chi connectivity index (χ2v) is 4.28. The van der Waals surface area contributed by atoms with Gasteiger partial charge in [-0.25, -0.2) is 0 Å². The van der Waals surface area contributed by atoms with Gasteiger partial charge in [0.05, 0.1) is 7.11 Å². The predicted octanol–water partition coefficient (Wildman–Crippen LogP) is 2.20. The quantitative estimate of drug-likeness (QED) is 0.518.